The van der Waals surface area contributed by atoms with E-state index < -0.39 is 11.6 Å². The maximum absolute atomic E-state index is 13.9. The van der Waals surface area contributed by atoms with Crippen molar-refractivity contribution < 1.29 is 8.78 Å². The second kappa shape index (κ2) is 6.80. The number of anilines is 3. The van der Waals surface area contributed by atoms with Crippen molar-refractivity contribution in [2.75, 3.05) is 17.2 Å². The highest BCUT2D eigenvalue weighted by Crippen LogP contribution is 2.29. The minimum Gasteiger partial charge on any atom is -0.370 e. The van der Waals surface area contributed by atoms with E-state index in [1.165, 1.54) is 18.5 Å². The van der Waals surface area contributed by atoms with Crippen LogP contribution in [0.4, 0.5) is 26.1 Å². The summed E-state index contributed by atoms with van der Waals surface area (Å²) < 4.78 is 28.1. The number of nitrogens with one attached hydrogen (secondary N) is 2. The van der Waals surface area contributed by atoms with Gasteiger partial charge in [-0.1, -0.05) is 22.9 Å². The van der Waals surface area contributed by atoms with Gasteiger partial charge in [-0.25, -0.2) is 18.7 Å². The lowest BCUT2D eigenvalue weighted by Gasteiger charge is -2.14. The summed E-state index contributed by atoms with van der Waals surface area (Å²) in [6.45, 7) is 4.58. The van der Waals surface area contributed by atoms with E-state index in [-0.39, 0.29) is 5.69 Å². The van der Waals surface area contributed by atoms with E-state index in [9.17, 15) is 8.78 Å². The number of rotatable bonds is 5. The van der Waals surface area contributed by atoms with Gasteiger partial charge in [0.15, 0.2) is 11.6 Å². The van der Waals surface area contributed by atoms with Crippen LogP contribution in [0.1, 0.15) is 19.4 Å². The molecule has 0 saturated heterocycles. The van der Waals surface area contributed by atoms with Crippen molar-refractivity contribution >= 4 is 33.3 Å². The summed E-state index contributed by atoms with van der Waals surface area (Å²) in [5.41, 5.74) is 0.551. The summed E-state index contributed by atoms with van der Waals surface area (Å²) in [4.78, 5) is 8.23. The Morgan fingerprint density at radius 3 is 2.29 bits per heavy atom. The minimum atomic E-state index is -0.687. The molecule has 112 valence electrons. The van der Waals surface area contributed by atoms with Crippen molar-refractivity contribution in [2.24, 2.45) is 0 Å². The molecule has 0 bridgehead atoms. The lowest BCUT2D eigenvalue weighted by atomic mass is 10.2. The Bertz CT molecular complexity index is 626. The quantitative estimate of drug-likeness (QED) is 0.840. The number of nitrogens with zero attached hydrogens (tertiary/aromatic N) is 2. The fraction of sp³-hybridized carbons (Fsp3) is 0.286. The van der Waals surface area contributed by atoms with Crippen LogP contribution in [0.2, 0.25) is 0 Å². The highest BCUT2D eigenvalue weighted by molar-refractivity contribution is 9.10. The lowest BCUT2D eigenvalue weighted by molar-refractivity contribution is 0.589. The molecule has 4 nitrogen and oxygen atoms in total. The zero-order valence-electron chi connectivity index (χ0n) is 11.7. The van der Waals surface area contributed by atoms with E-state index in [1.54, 1.807) is 0 Å². The molecule has 0 amide bonds. The third kappa shape index (κ3) is 3.47. The number of hydrogen-bond donors (Lipinski definition) is 2. The van der Waals surface area contributed by atoms with Crippen LogP contribution in [0.25, 0.3) is 0 Å². The van der Waals surface area contributed by atoms with E-state index in [4.69, 9.17) is 0 Å². The largest absolute Gasteiger partial charge is 0.370 e. The number of aromatic nitrogens is 2. The van der Waals surface area contributed by atoms with Crippen LogP contribution < -0.4 is 10.6 Å². The highest BCUT2D eigenvalue weighted by atomic mass is 79.9. The number of halogens is 3. The molecule has 0 fully saturated rings. The molecule has 2 rings (SSSR count). The summed E-state index contributed by atoms with van der Waals surface area (Å²) in [6.07, 6.45) is 1.99. The van der Waals surface area contributed by atoms with Crippen molar-refractivity contribution in [3.05, 3.63) is 40.1 Å². The second-order valence-electron chi connectivity index (χ2n) is 4.30. The van der Waals surface area contributed by atoms with Gasteiger partial charge in [0.05, 0.1) is 0 Å². The predicted octanol–water partition coefficient (Wildman–Crippen LogP) is 4.26. The van der Waals surface area contributed by atoms with Gasteiger partial charge in [0.2, 0.25) is 0 Å². The third-order valence-corrected chi connectivity index (χ3v) is 3.35. The second-order valence-corrected chi connectivity index (χ2v) is 5.22. The van der Waals surface area contributed by atoms with E-state index in [2.05, 4.69) is 36.5 Å². The zero-order valence-corrected chi connectivity index (χ0v) is 13.3. The summed E-state index contributed by atoms with van der Waals surface area (Å²) in [7, 11) is 0. The topological polar surface area (TPSA) is 49.8 Å². The Morgan fingerprint density at radius 1 is 1.10 bits per heavy atom. The standard InChI is InChI=1S/C14H15BrF2N4/c1-3-9-13(18-4-2)19-7-20-14(9)21-12-10(16)5-8(15)6-11(12)17/h5-7H,3-4H2,1-2H3,(H2,18,19,20,21). The average Bonchev–Trinajstić information content (AvgIpc) is 2.43. The van der Waals surface area contributed by atoms with Gasteiger partial charge in [-0.15, -0.1) is 0 Å². The van der Waals surface area contributed by atoms with Crippen LogP contribution in [-0.4, -0.2) is 16.5 Å². The summed E-state index contributed by atoms with van der Waals surface area (Å²) in [6, 6.07) is 2.40. The van der Waals surface area contributed by atoms with Gasteiger partial charge in [0, 0.05) is 16.6 Å². The fourth-order valence-electron chi connectivity index (χ4n) is 1.95. The van der Waals surface area contributed by atoms with Crippen molar-refractivity contribution in [1.82, 2.24) is 9.97 Å². The maximum atomic E-state index is 13.9. The minimum absolute atomic E-state index is 0.228. The zero-order chi connectivity index (χ0) is 15.4. The molecule has 7 heteroatoms. The smallest absolute Gasteiger partial charge is 0.150 e. The summed E-state index contributed by atoms with van der Waals surface area (Å²) in [5, 5.41) is 5.83. The molecule has 2 N–H and O–H groups in total. The van der Waals surface area contributed by atoms with Gasteiger partial charge in [-0.2, -0.15) is 0 Å². The Morgan fingerprint density at radius 2 is 1.71 bits per heavy atom. The lowest BCUT2D eigenvalue weighted by Crippen LogP contribution is -2.08. The molecule has 0 spiro atoms. The molecular formula is C14H15BrF2N4. The normalized spacial score (nSPS) is 10.5. The molecule has 0 aliphatic carbocycles. The first-order valence-electron chi connectivity index (χ1n) is 6.56. The molecule has 0 aliphatic rings. The average molecular weight is 357 g/mol. The number of benzene rings is 1. The van der Waals surface area contributed by atoms with Gasteiger partial charge in [-0.05, 0) is 25.5 Å². The Labute approximate surface area is 130 Å². The van der Waals surface area contributed by atoms with Crippen molar-refractivity contribution in [1.29, 1.82) is 0 Å². The first-order valence-corrected chi connectivity index (χ1v) is 7.35. The monoisotopic (exact) mass is 356 g/mol. The SMILES string of the molecule is CCNc1ncnc(Nc2c(F)cc(Br)cc2F)c1CC. The number of hydrogen-bond acceptors (Lipinski definition) is 4. The first kappa shape index (κ1) is 15.6. The molecule has 1 aromatic heterocycles. The molecule has 21 heavy (non-hydrogen) atoms. The van der Waals surface area contributed by atoms with E-state index in [0.717, 1.165) is 5.56 Å². The molecule has 0 unspecified atom stereocenters. The Hall–Kier alpha value is -1.76. The van der Waals surface area contributed by atoms with Crippen molar-refractivity contribution in [2.45, 2.75) is 20.3 Å². The third-order valence-electron chi connectivity index (χ3n) is 2.89. The van der Waals surface area contributed by atoms with Crippen LogP contribution in [-0.2, 0) is 6.42 Å². The molecule has 1 heterocycles. The van der Waals surface area contributed by atoms with Gasteiger partial charge >= 0.3 is 0 Å². The van der Waals surface area contributed by atoms with Crippen LogP contribution in [0.5, 0.6) is 0 Å². The Kier molecular flexibility index (Phi) is 5.06. The van der Waals surface area contributed by atoms with E-state index in [1.807, 2.05) is 13.8 Å². The molecule has 0 saturated carbocycles. The van der Waals surface area contributed by atoms with Gasteiger partial charge < -0.3 is 10.6 Å². The van der Waals surface area contributed by atoms with Crippen LogP contribution in [0.3, 0.4) is 0 Å². The van der Waals surface area contributed by atoms with Crippen LogP contribution >= 0.6 is 15.9 Å². The van der Waals surface area contributed by atoms with Crippen molar-refractivity contribution in [3.63, 3.8) is 0 Å². The molecule has 0 radical (unpaired) electrons. The molecule has 2 aromatic rings. The van der Waals surface area contributed by atoms with E-state index in [0.29, 0.717) is 29.1 Å². The van der Waals surface area contributed by atoms with Gasteiger partial charge in [0.25, 0.3) is 0 Å². The van der Waals surface area contributed by atoms with Gasteiger partial charge in [-0.3, -0.25) is 0 Å². The molecule has 0 atom stereocenters. The molecule has 1 aromatic carbocycles. The van der Waals surface area contributed by atoms with Crippen LogP contribution in [0.15, 0.2) is 22.9 Å². The summed E-state index contributed by atoms with van der Waals surface area (Å²) in [5.74, 6) is -0.320. The molecular weight excluding hydrogens is 342 g/mol. The highest BCUT2D eigenvalue weighted by Gasteiger charge is 2.15. The Balaban J connectivity index is 2.42. The summed E-state index contributed by atoms with van der Waals surface area (Å²) >= 11 is 3.05. The first-order chi connectivity index (χ1) is 10.1. The maximum Gasteiger partial charge on any atom is 0.150 e. The molecule has 0 aliphatic heterocycles. The fourth-order valence-corrected chi connectivity index (χ4v) is 2.36. The van der Waals surface area contributed by atoms with Crippen molar-refractivity contribution in [3.8, 4) is 0 Å². The van der Waals surface area contributed by atoms with Gasteiger partial charge in [0.1, 0.15) is 23.7 Å². The van der Waals surface area contributed by atoms with E-state index >= 15 is 0 Å². The predicted molar refractivity (Wildman–Crippen MR) is 82.9 cm³/mol. The van der Waals surface area contributed by atoms with Crippen LogP contribution in [0, 0.1) is 11.6 Å².